The fraction of sp³-hybridized carbons (Fsp3) is 0.300. The highest BCUT2D eigenvalue weighted by Crippen LogP contribution is 2.22. The first-order chi connectivity index (χ1) is 10.8. The molecule has 1 aliphatic rings. The van der Waals surface area contributed by atoms with Gasteiger partial charge >= 0.3 is 0 Å². The number of hydrogen-bond acceptors (Lipinski definition) is 1. The molecule has 0 aliphatic heterocycles. The van der Waals surface area contributed by atoms with Gasteiger partial charge in [0.05, 0.1) is 6.04 Å². The van der Waals surface area contributed by atoms with Gasteiger partial charge in [0, 0.05) is 11.6 Å². The average Bonchev–Trinajstić information content (AvgIpc) is 3.06. The van der Waals surface area contributed by atoms with E-state index in [1.165, 1.54) is 37.8 Å². The summed E-state index contributed by atoms with van der Waals surface area (Å²) >= 11 is 0. The lowest BCUT2D eigenvalue weighted by Crippen LogP contribution is -2.29. The number of hydrogen-bond donors (Lipinski definition) is 1. The van der Waals surface area contributed by atoms with Gasteiger partial charge in [0.1, 0.15) is 5.82 Å². The molecule has 22 heavy (non-hydrogen) atoms. The zero-order valence-electron chi connectivity index (χ0n) is 12.6. The second kappa shape index (κ2) is 7.24. The van der Waals surface area contributed by atoms with Crippen molar-refractivity contribution in [1.82, 2.24) is 5.32 Å². The summed E-state index contributed by atoms with van der Waals surface area (Å²) < 4.78 is 13.1. The lowest BCUT2D eigenvalue weighted by molar-refractivity contribution is 0.494. The summed E-state index contributed by atoms with van der Waals surface area (Å²) in [5.74, 6) is 6.33. The van der Waals surface area contributed by atoms with Crippen LogP contribution in [0.1, 0.15) is 42.9 Å². The Kier molecular flexibility index (Phi) is 4.88. The predicted molar refractivity (Wildman–Crippen MR) is 87.9 cm³/mol. The normalized spacial score (nSPS) is 16.0. The van der Waals surface area contributed by atoms with Crippen LogP contribution < -0.4 is 5.32 Å². The van der Waals surface area contributed by atoms with Crippen molar-refractivity contribution in [3.05, 3.63) is 71.5 Å². The largest absolute Gasteiger partial charge is 0.297 e. The molecule has 2 aromatic carbocycles. The molecule has 1 aliphatic carbocycles. The maximum absolute atomic E-state index is 13.1. The molecule has 0 amide bonds. The minimum Gasteiger partial charge on any atom is -0.297 e. The van der Waals surface area contributed by atoms with E-state index in [9.17, 15) is 4.39 Å². The summed E-state index contributed by atoms with van der Waals surface area (Å²) in [7, 11) is 0. The highest BCUT2D eigenvalue weighted by molar-refractivity contribution is 5.37. The molecule has 1 atom stereocenters. The zero-order chi connectivity index (χ0) is 15.2. The fourth-order valence-electron chi connectivity index (χ4n) is 2.88. The first kappa shape index (κ1) is 14.8. The standard InChI is InChI=1S/C20H20FN/c21-18-13-11-17(12-14-18)20(22-19-8-4-5-9-19)15-10-16-6-2-1-3-7-16/h1-3,6-7,11-14,19-20,22H,4-5,8-9H2. The van der Waals surface area contributed by atoms with Crippen molar-refractivity contribution < 1.29 is 4.39 Å². The van der Waals surface area contributed by atoms with Gasteiger partial charge in [-0.3, -0.25) is 5.32 Å². The highest BCUT2D eigenvalue weighted by Gasteiger charge is 2.19. The maximum atomic E-state index is 13.1. The third kappa shape index (κ3) is 3.96. The molecule has 0 saturated heterocycles. The maximum Gasteiger partial charge on any atom is 0.123 e. The highest BCUT2D eigenvalue weighted by atomic mass is 19.1. The second-order valence-electron chi connectivity index (χ2n) is 5.77. The molecular weight excluding hydrogens is 273 g/mol. The summed E-state index contributed by atoms with van der Waals surface area (Å²) in [6, 6.07) is 17.1. The van der Waals surface area contributed by atoms with Crippen LogP contribution >= 0.6 is 0 Å². The molecule has 0 spiro atoms. The Hall–Kier alpha value is -2.11. The molecule has 112 valence electrons. The van der Waals surface area contributed by atoms with Crippen LogP contribution in [0.25, 0.3) is 0 Å². The summed E-state index contributed by atoms with van der Waals surface area (Å²) in [4.78, 5) is 0. The molecule has 1 N–H and O–H groups in total. The van der Waals surface area contributed by atoms with E-state index < -0.39 is 0 Å². The lowest BCUT2D eigenvalue weighted by Gasteiger charge is -2.19. The third-order valence-corrected chi connectivity index (χ3v) is 4.10. The van der Waals surface area contributed by atoms with E-state index in [-0.39, 0.29) is 11.9 Å². The Morgan fingerprint density at radius 3 is 2.32 bits per heavy atom. The number of benzene rings is 2. The molecule has 1 saturated carbocycles. The van der Waals surface area contributed by atoms with Gasteiger partial charge < -0.3 is 0 Å². The zero-order valence-corrected chi connectivity index (χ0v) is 12.6. The Bertz CT molecular complexity index is 646. The number of nitrogens with one attached hydrogen (secondary N) is 1. The van der Waals surface area contributed by atoms with E-state index in [1.807, 2.05) is 42.5 Å². The van der Waals surface area contributed by atoms with E-state index in [0.29, 0.717) is 6.04 Å². The molecule has 0 heterocycles. The van der Waals surface area contributed by atoms with Crippen LogP contribution in [-0.2, 0) is 0 Å². The van der Waals surface area contributed by atoms with Crippen molar-refractivity contribution in [3.8, 4) is 11.8 Å². The van der Waals surface area contributed by atoms with Crippen molar-refractivity contribution in [2.45, 2.75) is 37.8 Å². The Morgan fingerprint density at radius 1 is 0.955 bits per heavy atom. The van der Waals surface area contributed by atoms with Gasteiger partial charge in [-0.05, 0) is 42.7 Å². The van der Waals surface area contributed by atoms with E-state index >= 15 is 0 Å². The molecule has 2 aromatic rings. The number of halogens is 1. The van der Waals surface area contributed by atoms with Gasteiger partial charge in [-0.25, -0.2) is 4.39 Å². The molecule has 1 nitrogen and oxygen atoms in total. The van der Waals surface area contributed by atoms with Crippen LogP contribution in [0.4, 0.5) is 4.39 Å². The van der Waals surface area contributed by atoms with Crippen molar-refractivity contribution in [1.29, 1.82) is 0 Å². The third-order valence-electron chi connectivity index (χ3n) is 4.10. The van der Waals surface area contributed by atoms with Crippen LogP contribution in [-0.4, -0.2) is 6.04 Å². The van der Waals surface area contributed by atoms with E-state index in [4.69, 9.17) is 0 Å². The van der Waals surface area contributed by atoms with Gasteiger partial charge in [0.2, 0.25) is 0 Å². The first-order valence-electron chi connectivity index (χ1n) is 7.89. The monoisotopic (exact) mass is 293 g/mol. The molecule has 0 aromatic heterocycles. The van der Waals surface area contributed by atoms with Crippen LogP contribution in [0.2, 0.25) is 0 Å². The summed E-state index contributed by atoms with van der Waals surface area (Å²) in [6.07, 6.45) is 4.95. The molecule has 1 unspecified atom stereocenters. The Balaban J connectivity index is 1.82. The molecule has 3 rings (SSSR count). The van der Waals surface area contributed by atoms with Gasteiger partial charge in [-0.15, -0.1) is 0 Å². The average molecular weight is 293 g/mol. The van der Waals surface area contributed by atoms with Crippen molar-refractivity contribution in [2.75, 3.05) is 0 Å². The van der Waals surface area contributed by atoms with Gasteiger partial charge in [-0.2, -0.15) is 0 Å². The Morgan fingerprint density at radius 2 is 1.64 bits per heavy atom. The quantitative estimate of drug-likeness (QED) is 0.824. The van der Waals surface area contributed by atoms with Crippen molar-refractivity contribution >= 4 is 0 Å². The van der Waals surface area contributed by atoms with E-state index in [2.05, 4.69) is 17.2 Å². The SMILES string of the molecule is Fc1ccc(C(C#Cc2ccccc2)NC2CCCC2)cc1. The lowest BCUT2D eigenvalue weighted by atomic mass is 10.0. The van der Waals surface area contributed by atoms with Gasteiger partial charge in [-0.1, -0.05) is 55.0 Å². The molecular formula is C20H20FN. The van der Waals surface area contributed by atoms with Crippen molar-refractivity contribution in [3.63, 3.8) is 0 Å². The van der Waals surface area contributed by atoms with Gasteiger partial charge in [0.15, 0.2) is 0 Å². The molecule has 0 bridgehead atoms. The minimum absolute atomic E-state index is 0.0519. The summed E-state index contributed by atoms with van der Waals surface area (Å²) in [6.45, 7) is 0. The van der Waals surface area contributed by atoms with Gasteiger partial charge in [0.25, 0.3) is 0 Å². The fourth-order valence-corrected chi connectivity index (χ4v) is 2.88. The summed E-state index contributed by atoms with van der Waals surface area (Å²) in [5.41, 5.74) is 2.03. The smallest absolute Gasteiger partial charge is 0.123 e. The van der Waals surface area contributed by atoms with Crippen LogP contribution in [0.15, 0.2) is 54.6 Å². The van der Waals surface area contributed by atoms with E-state index in [0.717, 1.165) is 11.1 Å². The number of rotatable bonds is 3. The predicted octanol–water partition coefficient (Wildman–Crippen LogP) is 4.45. The van der Waals surface area contributed by atoms with Crippen LogP contribution in [0.3, 0.4) is 0 Å². The topological polar surface area (TPSA) is 12.0 Å². The Labute approximate surface area is 131 Å². The van der Waals surface area contributed by atoms with Crippen LogP contribution in [0.5, 0.6) is 0 Å². The van der Waals surface area contributed by atoms with Crippen LogP contribution in [0, 0.1) is 17.7 Å². The van der Waals surface area contributed by atoms with Crippen molar-refractivity contribution in [2.24, 2.45) is 0 Å². The first-order valence-corrected chi connectivity index (χ1v) is 7.89. The van der Waals surface area contributed by atoms with E-state index in [1.54, 1.807) is 0 Å². The molecule has 0 radical (unpaired) electrons. The molecule has 2 heteroatoms. The second-order valence-corrected chi connectivity index (χ2v) is 5.77. The molecule has 1 fully saturated rings. The minimum atomic E-state index is -0.209. The summed E-state index contributed by atoms with van der Waals surface area (Å²) in [5, 5.41) is 3.63.